The van der Waals surface area contributed by atoms with Crippen molar-refractivity contribution in [2.45, 2.75) is 50.2 Å². The van der Waals surface area contributed by atoms with Crippen LogP contribution in [-0.4, -0.2) is 98.4 Å². The fourth-order valence-corrected chi connectivity index (χ4v) is 6.85. The number of carbonyl (C=O) groups is 1. The summed E-state index contributed by atoms with van der Waals surface area (Å²) >= 11 is 0. The van der Waals surface area contributed by atoms with Crippen molar-refractivity contribution in [3.63, 3.8) is 0 Å². The van der Waals surface area contributed by atoms with E-state index in [-0.39, 0.29) is 23.3 Å². The normalized spacial score (nSPS) is 21.0. The van der Waals surface area contributed by atoms with Gasteiger partial charge >= 0.3 is 0 Å². The highest BCUT2D eigenvalue weighted by molar-refractivity contribution is 7.89. The molecule has 1 atom stereocenters. The van der Waals surface area contributed by atoms with Crippen LogP contribution in [0.2, 0.25) is 0 Å². The summed E-state index contributed by atoms with van der Waals surface area (Å²) in [5.41, 5.74) is 2.69. The van der Waals surface area contributed by atoms with Gasteiger partial charge in [0, 0.05) is 46.9 Å². The fraction of sp³-hybridized carbons (Fsp3) is 0.640. The minimum Gasteiger partial charge on any atom is -0.475 e. The SMILES string of the molecule is CCN1CCN(S(=O)(=O)c2cnc(OCCOC)c(C3NC(=O)c4nn5c(c4N3C)CCCCC5)c2)CC1. The fourth-order valence-electron chi connectivity index (χ4n) is 5.44. The van der Waals surface area contributed by atoms with Crippen molar-refractivity contribution in [1.82, 2.24) is 29.3 Å². The molecule has 1 N–H and O–H groups in total. The molecule has 208 valence electrons. The third kappa shape index (κ3) is 4.99. The van der Waals surface area contributed by atoms with Crippen molar-refractivity contribution in [3.05, 3.63) is 29.2 Å². The van der Waals surface area contributed by atoms with Crippen LogP contribution in [0.25, 0.3) is 0 Å². The van der Waals surface area contributed by atoms with Gasteiger partial charge in [-0.25, -0.2) is 13.4 Å². The third-order valence-corrected chi connectivity index (χ3v) is 9.49. The molecule has 13 heteroatoms. The number of fused-ring (bicyclic) bond motifs is 3. The van der Waals surface area contributed by atoms with Crippen molar-refractivity contribution >= 4 is 21.6 Å². The molecule has 0 bridgehead atoms. The van der Waals surface area contributed by atoms with Crippen LogP contribution in [0.15, 0.2) is 17.2 Å². The van der Waals surface area contributed by atoms with Crippen molar-refractivity contribution in [2.75, 3.05) is 65.0 Å². The van der Waals surface area contributed by atoms with Gasteiger partial charge in [0.2, 0.25) is 15.9 Å². The number of nitrogens with one attached hydrogen (secondary N) is 1. The number of methoxy groups -OCH3 is 1. The highest BCUT2D eigenvalue weighted by Crippen LogP contribution is 2.39. The van der Waals surface area contributed by atoms with Gasteiger partial charge in [-0.05, 0) is 31.9 Å². The number of carbonyl (C=O) groups excluding carboxylic acids is 1. The van der Waals surface area contributed by atoms with Crippen molar-refractivity contribution in [2.24, 2.45) is 0 Å². The first-order chi connectivity index (χ1) is 18.3. The quantitative estimate of drug-likeness (QED) is 0.486. The first-order valence-corrected chi connectivity index (χ1v) is 14.8. The molecule has 1 saturated heterocycles. The number of piperazine rings is 1. The van der Waals surface area contributed by atoms with Crippen LogP contribution >= 0.6 is 0 Å². The number of aromatic nitrogens is 3. The van der Waals surface area contributed by atoms with Crippen LogP contribution in [0.4, 0.5) is 5.69 Å². The zero-order valence-electron chi connectivity index (χ0n) is 22.4. The Bertz CT molecular complexity index is 1270. The summed E-state index contributed by atoms with van der Waals surface area (Å²) in [5, 5.41) is 7.63. The van der Waals surface area contributed by atoms with E-state index >= 15 is 0 Å². The van der Waals surface area contributed by atoms with E-state index in [1.165, 1.54) is 10.5 Å². The Morgan fingerprint density at radius 1 is 1.11 bits per heavy atom. The number of rotatable bonds is 8. The molecule has 0 spiro atoms. The molecule has 5 rings (SSSR count). The minimum absolute atomic E-state index is 0.0822. The minimum atomic E-state index is -3.78. The van der Waals surface area contributed by atoms with Gasteiger partial charge in [-0.15, -0.1) is 0 Å². The maximum atomic E-state index is 13.6. The van der Waals surface area contributed by atoms with Crippen molar-refractivity contribution in [1.29, 1.82) is 0 Å². The molecule has 3 aliphatic rings. The van der Waals surface area contributed by atoms with Gasteiger partial charge in [0.15, 0.2) is 5.69 Å². The second-order valence-electron chi connectivity index (χ2n) is 9.91. The molecular formula is C25H37N7O5S. The first kappa shape index (κ1) is 26.9. The Morgan fingerprint density at radius 3 is 2.63 bits per heavy atom. The van der Waals surface area contributed by atoms with Crippen molar-refractivity contribution < 1.29 is 22.7 Å². The Hall–Kier alpha value is -2.74. The van der Waals surface area contributed by atoms with E-state index in [1.54, 1.807) is 13.2 Å². The lowest BCUT2D eigenvalue weighted by atomic mass is 10.1. The summed E-state index contributed by atoms with van der Waals surface area (Å²) in [6.07, 6.45) is 4.67. The molecule has 0 aromatic carbocycles. The molecule has 5 heterocycles. The summed E-state index contributed by atoms with van der Waals surface area (Å²) in [7, 11) is -0.314. The van der Waals surface area contributed by atoms with Gasteiger partial charge in [0.05, 0.1) is 29.7 Å². The number of amides is 1. The lowest BCUT2D eigenvalue weighted by Gasteiger charge is -2.36. The number of likely N-dealkylation sites (N-methyl/N-ethyl adjacent to an activating group) is 1. The number of hydrogen-bond donors (Lipinski definition) is 1. The van der Waals surface area contributed by atoms with Crippen LogP contribution in [-0.2, 0) is 27.7 Å². The number of sulfonamides is 1. The van der Waals surface area contributed by atoms with Gasteiger partial charge in [0.1, 0.15) is 17.7 Å². The standard InChI is InChI=1S/C25H37N7O5S/c1-4-30-10-12-31(13-11-30)38(34,35)18-16-19(25(26-17-18)37-15-14-36-3)23-27-24(33)21-22(29(23)2)20-8-6-5-7-9-32(20)28-21/h16-17,23H,4-15H2,1-3H3,(H,27,33). The molecule has 0 aliphatic carbocycles. The van der Waals surface area contributed by atoms with E-state index in [2.05, 4.69) is 27.2 Å². The molecule has 1 fully saturated rings. The average molecular weight is 548 g/mol. The highest BCUT2D eigenvalue weighted by atomic mass is 32.2. The van der Waals surface area contributed by atoms with Crippen LogP contribution < -0.4 is 15.0 Å². The predicted molar refractivity (Wildman–Crippen MR) is 141 cm³/mol. The summed E-state index contributed by atoms with van der Waals surface area (Å²) in [6, 6.07) is 1.59. The van der Waals surface area contributed by atoms with Gasteiger partial charge < -0.3 is 24.6 Å². The monoisotopic (exact) mass is 547 g/mol. The van der Waals surface area contributed by atoms with Gasteiger partial charge in [-0.1, -0.05) is 13.3 Å². The summed E-state index contributed by atoms with van der Waals surface area (Å²) in [4.78, 5) is 21.9. The van der Waals surface area contributed by atoms with E-state index in [0.29, 0.717) is 44.0 Å². The Kier molecular flexibility index (Phi) is 7.89. The zero-order chi connectivity index (χ0) is 26.9. The second-order valence-corrected chi connectivity index (χ2v) is 11.8. The molecule has 2 aromatic rings. The number of nitrogens with zero attached hydrogens (tertiary/aromatic N) is 6. The maximum Gasteiger partial charge on any atom is 0.275 e. The first-order valence-electron chi connectivity index (χ1n) is 13.3. The largest absolute Gasteiger partial charge is 0.475 e. The molecule has 38 heavy (non-hydrogen) atoms. The highest BCUT2D eigenvalue weighted by Gasteiger charge is 2.38. The molecule has 12 nitrogen and oxygen atoms in total. The molecule has 0 radical (unpaired) electrons. The smallest absolute Gasteiger partial charge is 0.275 e. The molecular weight excluding hydrogens is 510 g/mol. The Morgan fingerprint density at radius 2 is 1.89 bits per heavy atom. The number of pyridine rings is 1. The van der Waals surface area contributed by atoms with E-state index in [4.69, 9.17) is 9.47 Å². The van der Waals surface area contributed by atoms with Crippen molar-refractivity contribution in [3.8, 4) is 5.88 Å². The third-order valence-electron chi connectivity index (χ3n) is 7.63. The average Bonchev–Trinajstić information content (AvgIpc) is 3.14. The summed E-state index contributed by atoms with van der Waals surface area (Å²) in [5.74, 6) is -0.0360. The Balaban J connectivity index is 1.52. The van der Waals surface area contributed by atoms with Crippen LogP contribution in [0.1, 0.15) is 54.1 Å². The number of aryl methyl sites for hydroxylation is 1. The van der Waals surface area contributed by atoms with E-state index in [0.717, 1.165) is 50.2 Å². The van der Waals surface area contributed by atoms with Gasteiger partial charge in [-0.3, -0.25) is 9.48 Å². The zero-order valence-corrected chi connectivity index (χ0v) is 23.2. The maximum absolute atomic E-state index is 13.6. The molecule has 1 unspecified atom stereocenters. The number of anilines is 1. The summed E-state index contributed by atoms with van der Waals surface area (Å²) < 4.78 is 41.7. The molecule has 1 amide bonds. The lowest BCUT2D eigenvalue weighted by Crippen LogP contribution is -2.48. The molecule has 2 aromatic heterocycles. The second kappa shape index (κ2) is 11.2. The van der Waals surface area contributed by atoms with Crippen LogP contribution in [0, 0.1) is 0 Å². The van der Waals surface area contributed by atoms with E-state index in [9.17, 15) is 13.2 Å². The van der Waals surface area contributed by atoms with E-state index in [1.807, 2.05) is 16.6 Å². The number of hydrogen-bond acceptors (Lipinski definition) is 9. The number of ether oxygens (including phenoxy) is 2. The van der Waals surface area contributed by atoms with Crippen LogP contribution in [0.3, 0.4) is 0 Å². The molecule has 3 aliphatic heterocycles. The summed E-state index contributed by atoms with van der Waals surface area (Å²) in [6.45, 7) is 6.53. The van der Waals surface area contributed by atoms with Crippen LogP contribution in [0.5, 0.6) is 5.88 Å². The molecule has 0 saturated carbocycles. The predicted octanol–water partition coefficient (Wildman–Crippen LogP) is 1.23. The van der Waals surface area contributed by atoms with Gasteiger partial charge in [-0.2, -0.15) is 9.40 Å². The topological polar surface area (TPSA) is 122 Å². The van der Waals surface area contributed by atoms with E-state index < -0.39 is 16.2 Å². The Labute approximate surface area is 223 Å². The lowest BCUT2D eigenvalue weighted by molar-refractivity contribution is 0.0920. The van der Waals surface area contributed by atoms with Gasteiger partial charge in [0.25, 0.3) is 5.91 Å².